The molecule has 0 saturated heterocycles. The molecule has 0 fully saturated rings. The van der Waals surface area contributed by atoms with Gasteiger partial charge in [0, 0.05) is 19.6 Å². The summed E-state index contributed by atoms with van der Waals surface area (Å²) in [7, 11) is 3.62. The maximum atomic E-state index is 5.30. The van der Waals surface area contributed by atoms with Crippen LogP contribution in [0.3, 0.4) is 0 Å². The van der Waals surface area contributed by atoms with Crippen molar-refractivity contribution in [2.75, 3.05) is 14.2 Å². The molecule has 0 aliphatic carbocycles. The first-order valence-corrected chi connectivity index (χ1v) is 6.44. The number of rotatable bonds is 6. The molecule has 0 radical (unpaired) electrons. The Bertz CT molecular complexity index is 353. The minimum atomic E-state index is -0.0785. The fourth-order valence-corrected chi connectivity index (χ4v) is 1.95. The van der Waals surface area contributed by atoms with Crippen molar-refractivity contribution in [3.05, 3.63) is 11.7 Å². The minimum absolute atomic E-state index is 0.0785. The molecule has 1 N–H and O–H groups in total. The second-order valence-electron chi connectivity index (χ2n) is 5.59. The molecule has 5 heteroatoms. The number of hydrogen-bond donors (Lipinski definition) is 1. The monoisotopic (exact) mass is 255 g/mol. The van der Waals surface area contributed by atoms with E-state index in [1.54, 1.807) is 7.11 Å². The molecule has 2 unspecified atom stereocenters. The van der Waals surface area contributed by atoms with Gasteiger partial charge in [-0.2, -0.15) is 4.98 Å². The zero-order valence-corrected chi connectivity index (χ0v) is 12.3. The van der Waals surface area contributed by atoms with Gasteiger partial charge in [0.25, 0.3) is 0 Å². The van der Waals surface area contributed by atoms with Crippen LogP contribution in [0.2, 0.25) is 0 Å². The molecular formula is C13H25N3O2. The molecule has 0 amide bonds. The average Bonchev–Trinajstić information content (AvgIpc) is 2.74. The maximum absolute atomic E-state index is 5.30. The Morgan fingerprint density at radius 3 is 2.50 bits per heavy atom. The highest BCUT2D eigenvalue weighted by molar-refractivity contribution is 4.95. The van der Waals surface area contributed by atoms with E-state index in [2.05, 4.69) is 36.2 Å². The van der Waals surface area contributed by atoms with Gasteiger partial charge in [0.05, 0.1) is 0 Å². The van der Waals surface area contributed by atoms with Crippen LogP contribution in [-0.2, 0) is 11.2 Å². The molecule has 1 aromatic rings. The molecule has 0 aromatic carbocycles. The molecule has 104 valence electrons. The van der Waals surface area contributed by atoms with Crippen LogP contribution in [0.5, 0.6) is 0 Å². The average molecular weight is 255 g/mol. The number of nitrogens with one attached hydrogen (secondary N) is 1. The summed E-state index contributed by atoms with van der Waals surface area (Å²) >= 11 is 0. The number of hydrogen-bond acceptors (Lipinski definition) is 5. The molecule has 1 heterocycles. The van der Waals surface area contributed by atoms with Crippen molar-refractivity contribution < 1.29 is 9.26 Å². The van der Waals surface area contributed by atoms with Crippen LogP contribution in [-0.4, -0.2) is 30.3 Å². The zero-order valence-electron chi connectivity index (χ0n) is 12.3. The Kier molecular flexibility index (Phi) is 5.28. The number of aromatic nitrogens is 2. The minimum Gasteiger partial charge on any atom is -0.373 e. The van der Waals surface area contributed by atoms with E-state index in [0.717, 1.165) is 12.8 Å². The van der Waals surface area contributed by atoms with Gasteiger partial charge < -0.3 is 14.6 Å². The van der Waals surface area contributed by atoms with Gasteiger partial charge in [-0.1, -0.05) is 32.9 Å². The Balaban J connectivity index is 2.74. The quantitative estimate of drug-likeness (QED) is 0.845. The zero-order chi connectivity index (χ0) is 13.8. The second-order valence-corrected chi connectivity index (χ2v) is 5.59. The summed E-state index contributed by atoms with van der Waals surface area (Å²) in [6, 6.07) is 0.299. The predicted molar refractivity (Wildman–Crippen MR) is 70.3 cm³/mol. The van der Waals surface area contributed by atoms with Crippen molar-refractivity contribution in [1.82, 2.24) is 15.5 Å². The lowest BCUT2D eigenvalue weighted by atomic mass is 9.85. The third-order valence-corrected chi connectivity index (χ3v) is 3.20. The third-order valence-electron chi connectivity index (χ3n) is 3.20. The summed E-state index contributed by atoms with van der Waals surface area (Å²) in [4.78, 5) is 4.41. The molecule has 0 bridgehead atoms. The lowest BCUT2D eigenvalue weighted by Crippen LogP contribution is -2.39. The van der Waals surface area contributed by atoms with Crippen LogP contribution in [0.4, 0.5) is 0 Å². The third kappa shape index (κ3) is 3.78. The first-order valence-electron chi connectivity index (χ1n) is 6.44. The van der Waals surface area contributed by atoms with Gasteiger partial charge in [-0.25, -0.2) is 0 Å². The van der Waals surface area contributed by atoms with Crippen molar-refractivity contribution >= 4 is 0 Å². The van der Waals surface area contributed by atoms with E-state index >= 15 is 0 Å². The number of methoxy groups -OCH3 is 1. The first-order chi connectivity index (χ1) is 8.42. The fourth-order valence-electron chi connectivity index (χ4n) is 1.95. The molecule has 0 aliphatic heterocycles. The number of likely N-dealkylation sites (N-methyl/N-ethyl adjacent to an activating group) is 1. The van der Waals surface area contributed by atoms with Gasteiger partial charge in [0.15, 0.2) is 0 Å². The van der Waals surface area contributed by atoms with E-state index in [9.17, 15) is 0 Å². The van der Waals surface area contributed by atoms with Gasteiger partial charge in [-0.05, 0) is 18.9 Å². The van der Waals surface area contributed by atoms with Crippen LogP contribution >= 0.6 is 0 Å². The van der Waals surface area contributed by atoms with Crippen molar-refractivity contribution in [2.24, 2.45) is 5.41 Å². The Labute approximate surface area is 109 Å². The summed E-state index contributed by atoms with van der Waals surface area (Å²) in [5.41, 5.74) is 0.148. The van der Waals surface area contributed by atoms with E-state index in [1.165, 1.54) is 0 Å². The van der Waals surface area contributed by atoms with Crippen molar-refractivity contribution in [2.45, 2.75) is 52.7 Å². The largest absolute Gasteiger partial charge is 0.373 e. The van der Waals surface area contributed by atoms with E-state index in [-0.39, 0.29) is 11.5 Å². The predicted octanol–water partition coefficient (Wildman–Crippen LogP) is 2.34. The first kappa shape index (κ1) is 15.1. The van der Waals surface area contributed by atoms with Crippen LogP contribution < -0.4 is 5.32 Å². The molecule has 1 aromatic heterocycles. The molecule has 1 rings (SSSR count). The lowest BCUT2D eigenvalue weighted by Gasteiger charge is -2.29. The summed E-state index contributed by atoms with van der Waals surface area (Å²) < 4.78 is 10.6. The smallest absolute Gasteiger partial charge is 0.228 e. The summed E-state index contributed by atoms with van der Waals surface area (Å²) in [5, 5.41) is 7.29. The van der Waals surface area contributed by atoms with Gasteiger partial charge >= 0.3 is 0 Å². The SMILES string of the molecule is CCC(OC)c1noc(CC(NC)C(C)(C)C)n1. The van der Waals surface area contributed by atoms with Crippen LogP contribution in [0, 0.1) is 5.41 Å². The van der Waals surface area contributed by atoms with Crippen molar-refractivity contribution in [3.8, 4) is 0 Å². The lowest BCUT2D eigenvalue weighted by molar-refractivity contribution is 0.0903. The molecule has 2 atom stereocenters. The maximum Gasteiger partial charge on any atom is 0.228 e. The standard InChI is InChI=1S/C13H25N3O2/c1-7-9(17-6)12-15-11(18-16-12)8-10(14-5)13(2,3)4/h9-10,14H,7-8H2,1-6H3. The normalized spacial score (nSPS) is 15.7. The van der Waals surface area contributed by atoms with Crippen LogP contribution in [0.15, 0.2) is 4.52 Å². The Hall–Kier alpha value is -0.940. The van der Waals surface area contributed by atoms with Gasteiger partial charge in [0.2, 0.25) is 11.7 Å². The van der Waals surface area contributed by atoms with E-state index < -0.39 is 0 Å². The van der Waals surface area contributed by atoms with Gasteiger partial charge in [0.1, 0.15) is 6.10 Å². The number of ether oxygens (including phenoxy) is 1. The van der Waals surface area contributed by atoms with Gasteiger partial charge in [-0.3, -0.25) is 0 Å². The highest BCUT2D eigenvalue weighted by Crippen LogP contribution is 2.23. The Morgan fingerprint density at radius 2 is 2.06 bits per heavy atom. The molecular weight excluding hydrogens is 230 g/mol. The summed E-state index contributed by atoms with van der Waals surface area (Å²) in [6.07, 6.45) is 1.49. The van der Waals surface area contributed by atoms with Crippen molar-refractivity contribution in [3.63, 3.8) is 0 Å². The molecule has 0 saturated carbocycles. The second kappa shape index (κ2) is 6.29. The highest BCUT2D eigenvalue weighted by Gasteiger charge is 2.26. The molecule has 5 nitrogen and oxygen atoms in total. The van der Waals surface area contributed by atoms with Crippen LogP contribution in [0.1, 0.15) is 51.9 Å². The molecule has 0 spiro atoms. The van der Waals surface area contributed by atoms with Gasteiger partial charge in [-0.15, -0.1) is 0 Å². The van der Waals surface area contributed by atoms with E-state index in [4.69, 9.17) is 9.26 Å². The summed E-state index contributed by atoms with van der Waals surface area (Å²) in [6.45, 7) is 8.61. The fraction of sp³-hybridized carbons (Fsp3) is 0.846. The molecule has 18 heavy (non-hydrogen) atoms. The summed E-state index contributed by atoms with van der Waals surface area (Å²) in [5.74, 6) is 1.30. The number of nitrogens with zero attached hydrogens (tertiary/aromatic N) is 2. The van der Waals surface area contributed by atoms with Crippen molar-refractivity contribution in [1.29, 1.82) is 0 Å². The van der Waals surface area contributed by atoms with E-state index in [0.29, 0.717) is 17.8 Å². The highest BCUT2D eigenvalue weighted by atomic mass is 16.5. The topological polar surface area (TPSA) is 60.2 Å². The van der Waals surface area contributed by atoms with Crippen LogP contribution in [0.25, 0.3) is 0 Å². The Morgan fingerprint density at radius 1 is 1.39 bits per heavy atom. The van der Waals surface area contributed by atoms with E-state index in [1.807, 2.05) is 14.0 Å². The molecule has 0 aliphatic rings.